The molecule has 0 heterocycles. The first-order chi connectivity index (χ1) is 6.54. The molecule has 1 rings (SSSR count). The standard InChI is InChI=1S/C10H10O3S/c1-3-8-13-9-4-6-10(7-5-9)14(2,11)12/h1,4-7H,8H2,2H3. The van der Waals surface area contributed by atoms with Crippen molar-refractivity contribution in [2.45, 2.75) is 4.90 Å². The molecule has 74 valence electrons. The SMILES string of the molecule is C#CCOc1ccc(S(C)(=O)=O)cc1. The van der Waals surface area contributed by atoms with Gasteiger partial charge in [0.15, 0.2) is 9.84 Å². The predicted molar refractivity (Wildman–Crippen MR) is 53.9 cm³/mol. The van der Waals surface area contributed by atoms with E-state index in [1.54, 1.807) is 12.1 Å². The third-order valence-corrected chi connectivity index (χ3v) is 2.70. The van der Waals surface area contributed by atoms with Crippen LogP contribution >= 0.6 is 0 Å². The monoisotopic (exact) mass is 210 g/mol. The lowest BCUT2D eigenvalue weighted by molar-refractivity contribution is 0.370. The van der Waals surface area contributed by atoms with Crippen LogP contribution < -0.4 is 4.74 Å². The van der Waals surface area contributed by atoms with Gasteiger partial charge in [-0.15, -0.1) is 6.42 Å². The molecular formula is C10H10O3S. The van der Waals surface area contributed by atoms with Crippen molar-refractivity contribution in [1.29, 1.82) is 0 Å². The first kappa shape index (κ1) is 10.6. The summed E-state index contributed by atoms with van der Waals surface area (Å²) in [5.41, 5.74) is 0. The van der Waals surface area contributed by atoms with Crippen LogP contribution in [0.15, 0.2) is 29.2 Å². The van der Waals surface area contributed by atoms with E-state index in [0.717, 1.165) is 6.26 Å². The summed E-state index contributed by atoms with van der Waals surface area (Å²) in [6, 6.07) is 6.13. The van der Waals surface area contributed by atoms with E-state index in [1.807, 2.05) is 0 Å². The van der Waals surface area contributed by atoms with E-state index in [1.165, 1.54) is 12.1 Å². The van der Waals surface area contributed by atoms with Crippen LogP contribution in [0.4, 0.5) is 0 Å². The second-order valence-electron chi connectivity index (χ2n) is 2.74. The van der Waals surface area contributed by atoms with E-state index in [0.29, 0.717) is 5.75 Å². The van der Waals surface area contributed by atoms with Crippen molar-refractivity contribution in [2.75, 3.05) is 12.9 Å². The van der Waals surface area contributed by atoms with E-state index in [9.17, 15) is 8.42 Å². The fourth-order valence-corrected chi connectivity index (χ4v) is 1.54. The van der Waals surface area contributed by atoms with Crippen LogP contribution in [0.25, 0.3) is 0 Å². The lowest BCUT2D eigenvalue weighted by Gasteiger charge is -2.02. The minimum absolute atomic E-state index is 0.179. The molecule has 0 unspecified atom stereocenters. The second-order valence-corrected chi connectivity index (χ2v) is 4.75. The van der Waals surface area contributed by atoms with E-state index in [4.69, 9.17) is 11.2 Å². The zero-order chi connectivity index (χ0) is 10.6. The summed E-state index contributed by atoms with van der Waals surface area (Å²) >= 11 is 0. The van der Waals surface area contributed by atoms with Gasteiger partial charge in [0.25, 0.3) is 0 Å². The number of ether oxygens (including phenoxy) is 1. The predicted octanol–water partition coefficient (Wildman–Crippen LogP) is 1.10. The largest absolute Gasteiger partial charge is 0.481 e. The Hall–Kier alpha value is -1.47. The van der Waals surface area contributed by atoms with Crippen LogP contribution in [0, 0.1) is 12.3 Å². The van der Waals surface area contributed by atoms with E-state index < -0.39 is 9.84 Å². The first-order valence-electron chi connectivity index (χ1n) is 3.90. The quantitative estimate of drug-likeness (QED) is 0.702. The highest BCUT2D eigenvalue weighted by atomic mass is 32.2. The molecular weight excluding hydrogens is 200 g/mol. The normalized spacial score (nSPS) is 10.6. The highest BCUT2D eigenvalue weighted by Gasteiger charge is 2.05. The molecule has 1 aromatic rings. The minimum atomic E-state index is -3.14. The number of hydrogen-bond donors (Lipinski definition) is 0. The number of sulfone groups is 1. The molecule has 0 saturated carbocycles. The summed E-state index contributed by atoms with van der Waals surface area (Å²) in [4.78, 5) is 0.269. The molecule has 0 fully saturated rings. The Morgan fingerprint density at radius 2 is 1.93 bits per heavy atom. The Labute approximate surface area is 83.6 Å². The van der Waals surface area contributed by atoms with E-state index in [-0.39, 0.29) is 11.5 Å². The summed E-state index contributed by atoms with van der Waals surface area (Å²) in [5.74, 6) is 2.89. The number of terminal acetylenes is 1. The highest BCUT2D eigenvalue weighted by Crippen LogP contribution is 2.15. The van der Waals surface area contributed by atoms with Crippen LogP contribution in [0.1, 0.15) is 0 Å². The number of benzene rings is 1. The summed E-state index contributed by atoms with van der Waals surface area (Å²) < 4.78 is 27.3. The number of hydrogen-bond acceptors (Lipinski definition) is 3. The Morgan fingerprint density at radius 1 is 1.36 bits per heavy atom. The van der Waals surface area contributed by atoms with Crippen molar-refractivity contribution >= 4 is 9.84 Å². The second kappa shape index (κ2) is 4.16. The van der Waals surface area contributed by atoms with E-state index in [2.05, 4.69) is 5.92 Å². The molecule has 0 N–H and O–H groups in total. The molecule has 0 aliphatic carbocycles. The van der Waals surface area contributed by atoms with Gasteiger partial charge in [-0.05, 0) is 24.3 Å². The first-order valence-corrected chi connectivity index (χ1v) is 5.79. The van der Waals surface area contributed by atoms with Crippen molar-refractivity contribution in [3.8, 4) is 18.1 Å². The molecule has 0 saturated heterocycles. The molecule has 0 atom stereocenters. The lowest BCUT2D eigenvalue weighted by Crippen LogP contribution is -1.97. The van der Waals surface area contributed by atoms with Gasteiger partial charge in [-0.3, -0.25) is 0 Å². The van der Waals surface area contributed by atoms with Gasteiger partial charge < -0.3 is 4.74 Å². The number of rotatable bonds is 3. The molecule has 3 nitrogen and oxygen atoms in total. The summed E-state index contributed by atoms with van der Waals surface area (Å²) in [6.45, 7) is 0.179. The van der Waals surface area contributed by atoms with Crippen LogP contribution in [0.3, 0.4) is 0 Å². The van der Waals surface area contributed by atoms with Crippen LogP contribution in [-0.2, 0) is 9.84 Å². The van der Waals surface area contributed by atoms with Gasteiger partial charge >= 0.3 is 0 Å². The summed E-state index contributed by atoms with van der Waals surface area (Å²) in [5, 5.41) is 0. The van der Waals surface area contributed by atoms with Crippen molar-refractivity contribution in [3.63, 3.8) is 0 Å². The Balaban J connectivity index is 2.86. The molecule has 0 amide bonds. The minimum Gasteiger partial charge on any atom is -0.481 e. The highest BCUT2D eigenvalue weighted by molar-refractivity contribution is 7.90. The summed E-state index contributed by atoms with van der Waals surface area (Å²) in [7, 11) is -3.14. The maximum Gasteiger partial charge on any atom is 0.175 e. The Bertz CT molecular complexity index is 437. The van der Waals surface area contributed by atoms with Crippen molar-refractivity contribution in [1.82, 2.24) is 0 Å². The van der Waals surface area contributed by atoms with Crippen molar-refractivity contribution in [2.24, 2.45) is 0 Å². The van der Waals surface area contributed by atoms with Gasteiger partial charge in [0, 0.05) is 6.26 Å². The molecule has 4 heteroatoms. The van der Waals surface area contributed by atoms with Gasteiger partial charge in [-0.2, -0.15) is 0 Å². The molecule has 0 aliphatic rings. The maximum atomic E-state index is 11.1. The van der Waals surface area contributed by atoms with Gasteiger partial charge in [0.1, 0.15) is 12.4 Å². The Kier molecular flexibility index (Phi) is 3.15. The van der Waals surface area contributed by atoms with Gasteiger partial charge in [-0.1, -0.05) is 5.92 Å². The van der Waals surface area contributed by atoms with Gasteiger partial charge in [0.05, 0.1) is 4.90 Å². The van der Waals surface area contributed by atoms with Crippen LogP contribution in [-0.4, -0.2) is 21.3 Å². The zero-order valence-corrected chi connectivity index (χ0v) is 8.54. The van der Waals surface area contributed by atoms with Crippen LogP contribution in [0.5, 0.6) is 5.75 Å². The van der Waals surface area contributed by atoms with E-state index >= 15 is 0 Å². The third kappa shape index (κ3) is 2.79. The summed E-state index contributed by atoms with van der Waals surface area (Å²) in [6.07, 6.45) is 6.16. The fraction of sp³-hybridized carbons (Fsp3) is 0.200. The zero-order valence-electron chi connectivity index (χ0n) is 7.73. The molecule has 0 aliphatic heterocycles. The van der Waals surface area contributed by atoms with Crippen LogP contribution in [0.2, 0.25) is 0 Å². The van der Waals surface area contributed by atoms with Gasteiger partial charge in [-0.25, -0.2) is 8.42 Å². The lowest BCUT2D eigenvalue weighted by atomic mass is 10.3. The third-order valence-electron chi connectivity index (χ3n) is 1.57. The smallest absolute Gasteiger partial charge is 0.175 e. The molecule has 0 radical (unpaired) electrons. The molecule has 0 spiro atoms. The van der Waals surface area contributed by atoms with Crippen molar-refractivity contribution < 1.29 is 13.2 Å². The topological polar surface area (TPSA) is 43.4 Å². The maximum absolute atomic E-state index is 11.1. The fourth-order valence-electron chi connectivity index (χ4n) is 0.908. The molecule has 1 aromatic carbocycles. The molecule has 0 bridgehead atoms. The average molecular weight is 210 g/mol. The average Bonchev–Trinajstić information content (AvgIpc) is 2.14. The molecule has 14 heavy (non-hydrogen) atoms. The molecule has 0 aromatic heterocycles. The Morgan fingerprint density at radius 3 is 2.36 bits per heavy atom. The van der Waals surface area contributed by atoms with Crippen molar-refractivity contribution in [3.05, 3.63) is 24.3 Å². The van der Waals surface area contributed by atoms with Gasteiger partial charge in [0.2, 0.25) is 0 Å².